The molecule has 150 valence electrons. The van der Waals surface area contributed by atoms with Gasteiger partial charge in [-0.05, 0) is 12.1 Å². The SMILES string of the molecule is O=C(N1CCN(Cc2ccc3ccccc3n2)CC1)n1cnc(-c2ccccc2)c1. The Morgan fingerprint density at radius 1 is 0.867 bits per heavy atom. The monoisotopic (exact) mass is 397 g/mol. The van der Waals surface area contributed by atoms with E-state index in [1.807, 2.05) is 59.6 Å². The molecule has 0 atom stereocenters. The Kier molecular flexibility index (Phi) is 4.99. The molecule has 4 aromatic rings. The smallest absolute Gasteiger partial charge is 0.321 e. The number of pyridine rings is 1. The molecule has 1 aliphatic rings. The molecule has 0 N–H and O–H groups in total. The van der Waals surface area contributed by atoms with Gasteiger partial charge in [-0.1, -0.05) is 54.6 Å². The van der Waals surface area contributed by atoms with E-state index in [2.05, 4.69) is 28.1 Å². The molecular formula is C24H23N5O. The predicted molar refractivity (Wildman–Crippen MR) is 117 cm³/mol. The third-order valence-electron chi connectivity index (χ3n) is 5.56. The number of hydrogen-bond donors (Lipinski definition) is 0. The molecule has 30 heavy (non-hydrogen) atoms. The lowest BCUT2D eigenvalue weighted by Crippen LogP contribution is -2.49. The minimum Gasteiger partial charge on any atom is -0.321 e. The Labute approximate surface area is 175 Å². The topological polar surface area (TPSA) is 54.3 Å². The standard InChI is InChI=1S/C24H23N5O/c30-24(29-17-23(25-18-29)19-6-2-1-3-7-19)28-14-12-27(13-15-28)16-21-11-10-20-8-4-5-9-22(20)26-21/h1-11,17-18H,12-16H2. The second kappa shape index (κ2) is 8.08. The lowest BCUT2D eigenvalue weighted by molar-refractivity contribution is 0.135. The average Bonchev–Trinajstić information content (AvgIpc) is 3.30. The molecule has 0 spiro atoms. The molecule has 0 unspecified atom stereocenters. The zero-order valence-corrected chi connectivity index (χ0v) is 16.7. The van der Waals surface area contributed by atoms with E-state index in [-0.39, 0.29) is 6.03 Å². The van der Waals surface area contributed by atoms with Crippen LogP contribution in [0, 0.1) is 0 Å². The molecule has 6 nitrogen and oxygen atoms in total. The van der Waals surface area contributed by atoms with Gasteiger partial charge in [-0.25, -0.2) is 9.78 Å². The summed E-state index contributed by atoms with van der Waals surface area (Å²) in [6, 6.07) is 22.3. The van der Waals surface area contributed by atoms with Crippen molar-refractivity contribution in [3.05, 3.63) is 84.9 Å². The quantitative estimate of drug-likeness (QED) is 0.526. The molecule has 6 heteroatoms. The molecular weight excluding hydrogens is 374 g/mol. The maximum absolute atomic E-state index is 12.9. The van der Waals surface area contributed by atoms with Crippen LogP contribution in [0.2, 0.25) is 0 Å². The van der Waals surface area contributed by atoms with Crippen molar-refractivity contribution in [3.8, 4) is 11.3 Å². The fourth-order valence-corrected chi connectivity index (χ4v) is 3.87. The minimum atomic E-state index is -0.0202. The number of imidazole rings is 1. The zero-order valence-electron chi connectivity index (χ0n) is 16.7. The maximum Gasteiger partial charge on any atom is 0.329 e. The maximum atomic E-state index is 12.9. The van der Waals surface area contributed by atoms with Gasteiger partial charge in [0.05, 0.1) is 16.9 Å². The number of nitrogens with zero attached hydrogens (tertiary/aromatic N) is 5. The molecule has 3 heterocycles. The van der Waals surface area contributed by atoms with Crippen molar-refractivity contribution in [2.45, 2.75) is 6.54 Å². The van der Waals surface area contributed by atoms with E-state index in [1.165, 1.54) is 0 Å². The van der Waals surface area contributed by atoms with Crippen LogP contribution in [-0.4, -0.2) is 56.5 Å². The second-order valence-corrected chi connectivity index (χ2v) is 7.57. The van der Waals surface area contributed by atoms with E-state index in [9.17, 15) is 4.79 Å². The molecule has 5 rings (SSSR count). The van der Waals surface area contributed by atoms with Crippen molar-refractivity contribution in [2.24, 2.45) is 0 Å². The van der Waals surface area contributed by atoms with Gasteiger partial charge in [-0.3, -0.25) is 14.5 Å². The van der Waals surface area contributed by atoms with Crippen molar-refractivity contribution in [2.75, 3.05) is 26.2 Å². The number of benzene rings is 2. The van der Waals surface area contributed by atoms with E-state index in [0.717, 1.165) is 47.5 Å². The van der Waals surface area contributed by atoms with E-state index in [0.29, 0.717) is 13.1 Å². The number of piperazine rings is 1. The number of carbonyl (C=O) groups excluding carboxylic acids is 1. The molecule has 0 aliphatic carbocycles. The molecule has 0 radical (unpaired) electrons. The van der Waals surface area contributed by atoms with Crippen LogP contribution in [0.4, 0.5) is 4.79 Å². The molecule has 0 saturated carbocycles. The number of amides is 1. The lowest BCUT2D eigenvalue weighted by Gasteiger charge is -2.34. The van der Waals surface area contributed by atoms with E-state index < -0.39 is 0 Å². The van der Waals surface area contributed by atoms with Crippen molar-refractivity contribution in [1.29, 1.82) is 0 Å². The predicted octanol–water partition coefficient (Wildman–Crippen LogP) is 3.88. The highest BCUT2D eigenvalue weighted by Gasteiger charge is 2.23. The van der Waals surface area contributed by atoms with Crippen molar-refractivity contribution in [1.82, 2.24) is 24.3 Å². The Bertz CT molecular complexity index is 1160. The molecule has 1 fully saturated rings. The molecule has 1 amide bonds. The van der Waals surface area contributed by atoms with Crippen LogP contribution in [-0.2, 0) is 6.54 Å². The summed E-state index contributed by atoms with van der Waals surface area (Å²) in [4.78, 5) is 26.3. The third-order valence-corrected chi connectivity index (χ3v) is 5.56. The van der Waals surface area contributed by atoms with Gasteiger partial charge in [0.25, 0.3) is 0 Å². The number of carbonyl (C=O) groups is 1. The number of para-hydroxylation sites is 1. The molecule has 2 aromatic heterocycles. The second-order valence-electron chi connectivity index (χ2n) is 7.57. The average molecular weight is 397 g/mol. The first-order chi connectivity index (χ1) is 14.8. The van der Waals surface area contributed by atoms with E-state index >= 15 is 0 Å². The summed E-state index contributed by atoms with van der Waals surface area (Å²) in [5, 5.41) is 1.16. The highest BCUT2D eigenvalue weighted by atomic mass is 16.2. The molecule has 1 saturated heterocycles. The molecule has 1 aliphatic heterocycles. The van der Waals surface area contributed by atoms with Gasteiger partial charge in [0, 0.05) is 49.9 Å². The number of aromatic nitrogens is 3. The largest absolute Gasteiger partial charge is 0.329 e. The molecule has 2 aromatic carbocycles. The van der Waals surface area contributed by atoms with Crippen molar-refractivity contribution < 1.29 is 4.79 Å². The number of rotatable bonds is 3. The first-order valence-electron chi connectivity index (χ1n) is 10.2. The van der Waals surface area contributed by atoms with E-state index in [1.54, 1.807) is 10.9 Å². The van der Waals surface area contributed by atoms with Crippen LogP contribution < -0.4 is 0 Å². The van der Waals surface area contributed by atoms with Gasteiger partial charge >= 0.3 is 6.03 Å². The lowest BCUT2D eigenvalue weighted by atomic mass is 10.2. The summed E-state index contributed by atoms with van der Waals surface area (Å²) in [6.07, 6.45) is 3.42. The zero-order chi connectivity index (χ0) is 20.3. The fraction of sp³-hybridized carbons (Fsp3) is 0.208. The van der Waals surface area contributed by atoms with Crippen molar-refractivity contribution in [3.63, 3.8) is 0 Å². The summed E-state index contributed by atoms with van der Waals surface area (Å²) in [7, 11) is 0. The van der Waals surface area contributed by atoms with Gasteiger partial charge in [-0.2, -0.15) is 0 Å². The summed E-state index contributed by atoms with van der Waals surface area (Å²) in [5.41, 5.74) is 3.91. The van der Waals surface area contributed by atoms with Crippen LogP contribution in [0.25, 0.3) is 22.2 Å². The minimum absolute atomic E-state index is 0.0202. The van der Waals surface area contributed by atoms with Crippen LogP contribution >= 0.6 is 0 Å². The van der Waals surface area contributed by atoms with Gasteiger partial charge < -0.3 is 4.90 Å². The highest BCUT2D eigenvalue weighted by Crippen LogP contribution is 2.17. The summed E-state index contributed by atoms with van der Waals surface area (Å²) >= 11 is 0. The van der Waals surface area contributed by atoms with E-state index in [4.69, 9.17) is 4.98 Å². The van der Waals surface area contributed by atoms with Crippen LogP contribution in [0.1, 0.15) is 5.69 Å². The fourth-order valence-electron chi connectivity index (χ4n) is 3.87. The first kappa shape index (κ1) is 18.5. The first-order valence-corrected chi connectivity index (χ1v) is 10.2. The van der Waals surface area contributed by atoms with Gasteiger partial charge in [0.15, 0.2) is 0 Å². The van der Waals surface area contributed by atoms with Gasteiger partial charge in [-0.15, -0.1) is 0 Å². The Hall–Kier alpha value is -3.51. The Morgan fingerprint density at radius 2 is 1.63 bits per heavy atom. The van der Waals surface area contributed by atoms with Crippen LogP contribution in [0.15, 0.2) is 79.3 Å². The Morgan fingerprint density at radius 3 is 2.47 bits per heavy atom. The van der Waals surface area contributed by atoms with Crippen LogP contribution in [0.5, 0.6) is 0 Å². The summed E-state index contributed by atoms with van der Waals surface area (Å²) in [5.74, 6) is 0. The van der Waals surface area contributed by atoms with Gasteiger partial charge in [0.2, 0.25) is 0 Å². The number of fused-ring (bicyclic) bond motifs is 1. The number of hydrogen-bond acceptors (Lipinski definition) is 4. The van der Waals surface area contributed by atoms with Crippen molar-refractivity contribution >= 4 is 16.9 Å². The normalized spacial score (nSPS) is 14.9. The van der Waals surface area contributed by atoms with Gasteiger partial charge in [0.1, 0.15) is 6.33 Å². The Balaban J connectivity index is 1.20. The molecule has 0 bridgehead atoms. The third kappa shape index (κ3) is 3.82. The summed E-state index contributed by atoms with van der Waals surface area (Å²) < 4.78 is 1.59. The highest BCUT2D eigenvalue weighted by molar-refractivity contribution is 5.79. The van der Waals surface area contributed by atoms with Crippen LogP contribution in [0.3, 0.4) is 0 Å². The summed E-state index contributed by atoms with van der Waals surface area (Å²) in [6.45, 7) is 3.87.